The lowest BCUT2D eigenvalue weighted by atomic mass is 9.98. The molecule has 0 bridgehead atoms. The highest BCUT2D eigenvalue weighted by Crippen LogP contribution is 2.25. The molecule has 0 N–H and O–H groups in total. The van der Waals surface area contributed by atoms with Crippen molar-refractivity contribution >= 4 is 15.9 Å². The normalized spacial score (nSPS) is 23.2. The Hall–Kier alpha value is -1.51. The SMILES string of the molecule is O=C([C@@H]1CCCN(S(=O)(=O)c2ccc(F)cc2)C1)N1CCOCC1. The highest BCUT2D eigenvalue weighted by molar-refractivity contribution is 7.89. The van der Waals surface area contributed by atoms with Crippen molar-refractivity contribution in [2.24, 2.45) is 5.92 Å². The highest BCUT2D eigenvalue weighted by atomic mass is 32.2. The molecule has 2 aliphatic rings. The van der Waals surface area contributed by atoms with Crippen molar-refractivity contribution in [2.75, 3.05) is 39.4 Å². The summed E-state index contributed by atoms with van der Waals surface area (Å²) in [5.74, 6) is -0.808. The van der Waals surface area contributed by atoms with Crippen LogP contribution in [0, 0.1) is 11.7 Å². The molecule has 3 rings (SSSR count). The van der Waals surface area contributed by atoms with E-state index in [1.54, 1.807) is 4.90 Å². The van der Waals surface area contributed by atoms with Gasteiger partial charge in [-0.15, -0.1) is 0 Å². The molecule has 1 aromatic rings. The number of piperidine rings is 1. The van der Waals surface area contributed by atoms with Crippen molar-refractivity contribution in [1.29, 1.82) is 0 Å². The number of hydrogen-bond acceptors (Lipinski definition) is 4. The fourth-order valence-corrected chi connectivity index (χ4v) is 4.68. The van der Waals surface area contributed by atoms with Crippen molar-refractivity contribution < 1.29 is 22.3 Å². The van der Waals surface area contributed by atoms with Gasteiger partial charge in [0.1, 0.15) is 5.82 Å². The fourth-order valence-electron chi connectivity index (χ4n) is 3.16. The summed E-state index contributed by atoms with van der Waals surface area (Å²) in [5.41, 5.74) is 0. The minimum Gasteiger partial charge on any atom is -0.378 e. The quantitative estimate of drug-likeness (QED) is 0.813. The summed E-state index contributed by atoms with van der Waals surface area (Å²) in [7, 11) is -3.70. The topological polar surface area (TPSA) is 66.9 Å². The van der Waals surface area contributed by atoms with Gasteiger partial charge in [-0.25, -0.2) is 12.8 Å². The van der Waals surface area contributed by atoms with E-state index >= 15 is 0 Å². The van der Waals surface area contributed by atoms with Gasteiger partial charge in [-0.3, -0.25) is 4.79 Å². The third-order valence-corrected chi connectivity index (χ3v) is 6.39. The van der Waals surface area contributed by atoms with Gasteiger partial charge in [-0.1, -0.05) is 0 Å². The van der Waals surface area contributed by atoms with Crippen LogP contribution in [0.5, 0.6) is 0 Å². The number of ether oxygens (including phenoxy) is 1. The Kier molecular flexibility index (Phi) is 5.17. The number of benzene rings is 1. The molecule has 0 radical (unpaired) electrons. The molecule has 2 heterocycles. The largest absolute Gasteiger partial charge is 0.378 e. The number of carbonyl (C=O) groups excluding carboxylic acids is 1. The van der Waals surface area contributed by atoms with Gasteiger partial charge in [0, 0.05) is 26.2 Å². The van der Waals surface area contributed by atoms with Crippen LogP contribution in [0.15, 0.2) is 29.2 Å². The first kappa shape index (κ1) is 17.3. The number of carbonyl (C=O) groups is 1. The second kappa shape index (κ2) is 7.16. The van der Waals surface area contributed by atoms with E-state index in [-0.39, 0.29) is 23.3 Å². The summed E-state index contributed by atoms with van der Waals surface area (Å²) in [4.78, 5) is 14.4. The zero-order chi connectivity index (χ0) is 17.2. The van der Waals surface area contributed by atoms with Gasteiger partial charge in [0.25, 0.3) is 0 Å². The number of halogens is 1. The molecule has 1 aromatic carbocycles. The number of nitrogens with zero attached hydrogens (tertiary/aromatic N) is 2. The van der Waals surface area contributed by atoms with Crippen LogP contribution < -0.4 is 0 Å². The molecule has 1 atom stereocenters. The molecule has 0 aromatic heterocycles. The third kappa shape index (κ3) is 3.60. The maximum atomic E-state index is 13.0. The van der Waals surface area contributed by atoms with E-state index in [4.69, 9.17) is 4.74 Å². The Morgan fingerprint density at radius 3 is 2.46 bits per heavy atom. The molecule has 0 aliphatic carbocycles. The number of amides is 1. The Balaban J connectivity index is 1.72. The zero-order valence-electron chi connectivity index (χ0n) is 13.4. The summed E-state index contributed by atoms with van der Waals surface area (Å²) >= 11 is 0. The number of morpholine rings is 1. The zero-order valence-corrected chi connectivity index (χ0v) is 14.2. The summed E-state index contributed by atoms with van der Waals surface area (Å²) in [6.07, 6.45) is 1.33. The maximum absolute atomic E-state index is 13.0. The standard InChI is InChI=1S/C16H21FN2O4S/c17-14-3-5-15(6-4-14)24(21,22)19-7-1-2-13(12-19)16(20)18-8-10-23-11-9-18/h3-6,13H,1-2,7-12H2/t13-/m1/s1. The molecular formula is C16H21FN2O4S. The van der Waals surface area contributed by atoms with E-state index < -0.39 is 15.8 Å². The summed E-state index contributed by atoms with van der Waals surface area (Å²) < 4.78 is 45.0. The van der Waals surface area contributed by atoms with Crippen LogP contribution in [-0.2, 0) is 19.6 Å². The fraction of sp³-hybridized carbons (Fsp3) is 0.562. The van der Waals surface area contributed by atoms with Gasteiger partial charge < -0.3 is 9.64 Å². The molecule has 2 fully saturated rings. The van der Waals surface area contributed by atoms with Crippen LogP contribution in [0.25, 0.3) is 0 Å². The first-order valence-corrected chi connectivity index (χ1v) is 9.55. The molecule has 2 saturated heterocycles. The molecular weight excluding hydrogens is 335 g/mol. The summed E-state index contributed by atoms with van der Waals surface area (Å²) in [5, 5.41) is 0. The van der Waals surface area contributed by atoms with Gasteiger partial charge in [0.15, 0.2) is 0 Å². The van der Waals surface area contributed by atoms with Crippen molar-refractivity contribution in [3.63, 3.8) is 0 Å². The van der Waals surface area contributed by atoms with Crippen molar-refractivity contribution in [1.82, 2.24) is 9.21 Å². The van der Waals surface area contributed by atoms with E-state index in [1.807, 2.05) is 0 Å². The third-order valence-electron chi connectivity index (χ3n) is 4.51. The Bertz CT molecular complexity index is 687. The number of sulfonamides is 1. The molecule has 0 unspecified atom stereocenters. The monoisotopic (exact) mass is 356 g/mol. The van der Waals surface area contributed by atoms with Crippen molar-refractivity contribution in [3.05, 3.63) is 30.1 Å². The first-order valence-electron chi connectivity index (χ1n) is 8.11. The Morgan fingerprint density at radius 2 is 1.79 bits per heavy atom. The Labute approximate surface area is 141 Å². The predicted octanol–water partition coefficient (Wildman–Crippen LogP) is 1.09. The lowest BCUT2D eigenvalue weighted by Crippen LogP contribution is -2.49. The second-order valence-electron chi connectivity index (χ2n) is 6.09. The lowest BCUT2D eigenvalue weighted by molar-refractivity contribution is -0.140. The predicted molar refractivity (Wildman–Crippen MR) is 85.3 cm³/mol. The average Bonchev–Trinajstić information content (AvgIpc) is 2.62. The lowest BCUT2D eigenvalue weighted by Gasteiger charge is -2.35. The van der Waals surface area contributed by atoms with Crippen LogP contribution in [-0.4, -0.2) is 62.9 Å². The van der Waals surface area contributed by atoms with Crippen LogP contribution in [0.3, 0.4) is 0 Å². The molecule has 0 saturated carbocycles. The molecule has 2 aliphatic heterocycles. The van der Waals surface area contributed by atoms with E-state index in [1.165, 1.54) is 16.4 Å². The number of hydrogen-bond donors (Lipinski definition) is 0. The Morgan fingerprint density at radius 1 is 1.12 bits per heavy atom. The molecule has 0 spiro atoms. The van der Waals surface area contributed by atoms with Crippen LogP contribution in [0.1, 0.15) is 12.8 Å². The highest BCUT2D eigenvalue weighted by Gasteiger charge is 2.35. The minimum absolute atomic E-state index is 0.00249. The van der Waals surface area contributed by atoms with Gasteiger partial charge in [-0.2, -0.15) is 4.31 Å². The average molecular weight is 356 g/mol. The van der Waals surface area contributed by atoms with E-state index in [0.29, 0.717) is 45.7 Å². The summed E-state index contributed by atoms with van der Waals surface area (Å²) in [6.45, 7) is 2.72. The molecule has 24 heavy (non-hydrogen) atoms. The van der Waals surface area contributed by atoms with E-state index in [2.05, 4.69) is 0 Å². The van der Waals surface area contributed by atoms with Crippen molar-refractivity contribution in [2.45, 2.75) is 17.7 Å². The van der Waals surface area contributed by atoms with E-state index in [9.17, 15) is 17.6 Å². The minimum atomic E-state index is -3.70. The van der Waals surface area contributed by atoms with Crippen LogP contribution in [0.2, 0.25) is 0 Å². The van der Waals surface area contributed by atoms with E-state index in [0.717, 1.165) is 12.1 Å². The molecule has 132 valence electrons. The molecule has 1 amide bonds. The molecule has 8 heteroatoms. The van der Waals surface area contributed by atoms with Gasteiger partial charge in [-0.05, 0) is 37.1 Å². The number of rotatable bonds is 3. The first-order chi connectivity index (χ1) is 11.5. The van der Waals surface area contributed by atoms with Crippen molar-refractivity contribution in [3.8, 4) is 0 Å². The smallest absolute Gasteiger partial charge is 0.243 e. The maximum Gasteiger partial charge on any atom is 0.243 e. The summed E-state index contributed by atoms with van der Waals surface area (Å²) in [6, 6.07) is 4.79. The second-order valence-corrected chi connectivity index (χ2v) is 8.03. The van der Waals surface area contributed by atoms with Crippen LogP contribution >= 0.6 is 0 Å². The van der Waals surface area contributed by atoms with Gasteiger partial charge >= 0.3 is 0 Å². The van der Waals surface area contributed by atoms with Gasteiger partial charge in [0.05, 0.1) is 24.0 Å². The van der Waals surface area contributed by atoms with Crippen LogP contribution in [0.4, 0.5) is 4.39 Å². The van der Waals surface area contributed by atoms with Gasteiger partial charge in [0.2, 0.25) is 15.9 Å². The molecule has 6 nitrogen and oxygen atoms in total.